The number of hydrogen-bond donors (Lipinski definition) is 1. The highest BCUT2D eigenvalue weighted by molar-refractivity contribution is 7.84. The van der Waals surface area contributed by atoms with Crippen LogP contribution in [0.4, 0.5) is 5.69 Å². The average Bonchev–Trinajstić information content (AvgIpc) is 2.85. The molecule has 0 bridgehead atoms. The number of nitrogens with two attached hydrogens (primary N) is 1. The third-order valence-corrected chi connectivity index (χ3v) is 4.74. The second-order valence-electron chi connectivity index (χ2n) is 4.84. The van der Waals surface area contributed by atoms with Crippen LogP contribution in [-0.2, 0) is 23.1 Å². The van der Waals surface area contributed by atoms with Crippen LogP contribution in [-0.4, -0.2) is 14.0 Å². The quantitative estimate of drug-likeness (QED) is 0.753. The number of nitrogens with zero attached hydrogens (tertiary/aromatic N) is 2. The van der Waals surface area contributed by atoms with Crippen molar-refractivity contribution in [2.75, 3.05) is 5.73 Å². The standard InChI is InChI=1S/C16H17N3OS/c1-2-19-16-9-4-3-8-14(16)15(18-19)11-21(20)13-7-5-6-12(17)10-13/h3-10H,2,11,17H2,1H3. The number of para-hydroxylation sites is 1. The minimum atomic E-state index is -1.15. The van der Waals surface area contributed by atoms with E-state index < -0.39 is 10.8 Å². The largest absolute Gasteiger partial charge is 0.399 e. The van der Waals surface area contributed by atoms with Gasteiger partial charge in [0.25, 0.3) is 0 Å². The van der Waals surface area contributed by atoms with Gasteiger partial charge in [-0.15, -0.1) is 0 Å². The average molecular weight is 299 g/mol. The Balaban J connectivity index is 1.97. The highest BCUT2D eigenvalue weighted by atomic mass is 32.2. The molecule has 0 fully saturated rings. The van der Waals surface area contributed by atoms with Crippen molar-refractivity contribution in [1.82, 2.24) is 9.78 Å². The van der Waals surface area contributed by atoms with Gasteiger partial charge in [0.1, 0.15) is 0 Å². The third-order valence-electron chi connectivity index (χ3n) is 3.42. The van der Waals surface area contributed by atoms with Crippen LogP contribution in [0.5, 0.6) is 0 Å². The molecule has 0 aliphatic rings. The second-order valence-corrected chi connectivity index (χ2v) is 6.29. The van der Waals surface area contributed by atoms with Crippen molar-refractivity contribution in [3.8, 4) is 0 Å². The van der Waals surface area contributed by atoms with Crippen molar-refractivity contribution in [3.05, 3.63) is 54.2 Å². The van der Waals surface area contributed by atoms with Crippen LogP contribution in [0, 0.1) is 0 Å². The Bertz CT molecular complexity index is 810. The zero-order valence-electron chi connectivity index (χ0n) is 11.8. The van der Waals surface area contributed by atoms with Gasteiger partial charge in [0.2, 0.25) is 0 Å². The van der Waals surface area contributed by atoms with Crippen molar-refractivity contribution in [2.24, 2.45) is 0 Å². The van der Waals surface area contributed by atoms with Crippen LogP contribution in [0.2, 0.25) is 0 Å². The van der Waals surface area contributed by atoms with Gasteiger partial charge < -0.3 is 5.73 Å². The van der Waals surface area contributed by atoms with E-state index in [4.69, 9.17) is 5.73 Å². The summed E-state index contributed by atoms with van der Waals surface area (Å²) in [7, 11) is -1.15. The lowest BCUT2D eigenvalue weighted by Crippen LogP contribution is -2.01. The van der Waals surface area contributed by atoms with E-state index in [9.17, 15) is 4.21 Å². The van der Waals surface area contributed by atoms with Gasteiger partial charge in [0.05, 0.1) is 27.8 Å². The van der Waals surface area contributed by atoms with Gasteiger partial charge in [0.15, 0.2) is 0 Å². The molecule has 2 aromatic carbocycles. The fraction of sp³-hybridized carbons (Fsp3) is 0.188. The molecule has 2 N–H and O–H groups in total. The van der Waals surface area contributed by atoms with Crippen LogP contribution in [0.15, 0.2) is 53.4 Å². The van der Waals surface area contributed by atoms with E-state index in [0.29, 0.717) is 11.4 Å². The van der Waals surface area contributed by atoms with Gasteiger partial charge in [-0.25, -0.2) is 0 Å². The van der Waals surface area contributed by atoms with Crippen LogP contribution < -0.4 is 5.73 Å². The molecular formula is C16H17N3OS. The van der Waals surface area contributed by atoms with Gasteiger partial charge in [0, 0.05) is 22.5 Å². The van der Waals surface area contributed by atoms with E-state index in [1.54, 1.807) is 12.1 Å². The number of hydrogen-bond acceptors (Lipinski definition) is 3. The topological polar surface area (TPSA) is 60.9 Å². The number of nitrogen functional groups attached to an aromatic ring is 1. The molecule has 0 amide bonds. The molecule has 0 saturated carbocycles. The maximum atomic E-state index is 12.5. The van der Waals surface area contributed by atoms with E-state index in [1.807, 2.05) is 41.1 Å². The molecule has 21 heavy (non-hydrogen) atoms. The number of aromatic nitrogens is 2. The zero-order chi connectivity index (χ0) is 14.8. The summed E-state index contributed by atoms with van der Waals surface area (Å²) in [5.74, 6) is 0.400. The lowest BCUT2D eigenvalue weighted by Gasteiger charge is -2.02. The van der Waals surface area contributed by atoms with Crippen molar-refractivity contribution < 1.29 is 4.21 Å². The molecule has 0 aliphatic carbocycles. The third kappa shape index (κ3) is 2.69. The normalized spacial score (nSPS) is 12.6. The lowest BCUT2D eigenvalue weighted by atomic mass is 10.2. The smallest absolute Gasteiger partial charge is 0.0831 e. The fourth-order valence-electron chi connectivity index (χ4n) is 2.41. The number of aryl methyl sites for hydroxylation is 1. The van der Waals surface area contributed by atoms with Gasteiger partial charge in [-0.1, -0.05) is 24.3 Å². The second kappa shape index (κ2) is 5.69. The fourth-order valence-corrected chi connectivity index (χ4v) is 3.53. The summed E-state index contributed by atoms with van der Waals surface area (Å²) in [5.41, 5.74) is 8.33. The summed E-state index contributed by atoms with van der Waals surface area (Å²) in [6, 6.07) is 15.3. The van der Waals surface area contributed by atoms with Gasteiger partial charge in [-0.2, -0.15) is 5.10 Å². The highest BCUT2D eigenvalue weighted by Crippen LogP contribution is 2.22. The lowest BCUT2D eigenvalue weighted by molar-refractivity contribution is 0.667. The molecular weight excluding hydrogens is 282 g/mol. The van der Waals surface area contributed by atoms with E-state index >= 15 is 0 Å². The highest BCUT2D eigenvalue weighted by Gasteiger charge is 2.13. The SMILES string of the molecule is CCn1nc(CS(=O)c2cccc(N)c2)c2ccccc21. The number of benzene rings is 2. The van der Waals surface area contributed by atoms with Crippen LogP contribution in [0.3, 0.4) is 0 Å². The summed E-state index contributed by atoms with van der Waals surface area (Å²) in [4.78, 5) is 0.741. The summed E-state index contributed by atoms with van der Waals surface area (Å²) < 4.78 is 14.5. The van der Waals surface area contributed by atoms with Crippen molar-refractivity contribution in [3.63, 3.8) is 0 Å². The Labute approximate surface area is 126 Å². The first-order valence-corrected chi connectivity index (χ1v) is 8.19. The summed E-state index contributed by atoms with van der Waals surface area (Å²) in [5, 5.41) is 5.65. The first-order valence-electron chi connectivity index (χ1n) is 6.87. The van der Waals surface area contributed by atoms with E-state index in [1.165, 1.54) is 0 Å². The van der Waals surface area contributed by atoms with Crippen molar-refractivity contribution in [1.29, 1.82) is 0 Å². The van der Waals surface area contributed by atoms with Crippen LogP contribution in [0.1, 0.15) is 12.6 Å². The molecule has 3 rings (SSSR count). The zero-order valence-corrected chi connectivity index (χ0v) is 12.6. The summed E-state index contributed by atoms with van der Waals surface area (Å²) >= 11 is 0. The predicted molar refractivity (Wildman–Crippen MR) is 86.4 cm³/mol. The molecule has 3 aromatic rings. The summed E-state index contributed by atoms with van der Waals surface area (Å²) in [6.45, 7) is 2.85. The number of fused-ring (bicyclic) bond motifs is 1. The number of anilines is 1. The van der Waals surface area contributed by atoms with E-state index in [2.05, 4.69) is 12.0 Å². The molecule has 108 valence electrons. The molecule has 4 nitrogen and oxygen atoms in total. The molecule has 1 unspecified atom stereocenters. The Morgan fingerprint density at radius 2 is 2.00 bits per heavy atom. The monoisotopic (exact) mass is 299 g/mol. The van der Waals surface area contributed by atoms with Crippen molar-refractivity contribution in [2.45, 2.75) is 24.1 Å². The Hall–Kier alpha value is -2.14. The Morgan fingerprint density at radius 3 is 2.76 bits per heavy atom. The van der Waals surface area contributed by atoms with Gasteiger partial charge >= 0.3 is 0 Å². The van der Waals surface area contributed by atoms with E-state index in [-0.39, 0.29) is 0 Å². The maximum Gasteiger partial charge on any atom is 0.0831 e. The Kier molecular flexibility index (Phi) is 3.75. The molecule has 0 spiro atoms. The Morgan fingerprint density at radius 1 is 1.19 bits per heavy atom. The maximum absolute atomic E-state index is 12.5. The van der Waals surface area contributed by atoms with Gasteiger partial charge in [-0.05, 0) is 31.2 Å². The molecule has 0 aliphatic heterocycles. The molecule has 5 heteroatoms. The minimum absolute atomic E-state index is 0.400. The molecule has 0 saturated heterocycles. The minimum Gasteiger partial charge on any atom is -0.399 e. The van der Waals surface area contributed by atoms with Crippen molar-refractivity contribution >= 4 is 27.4 Å². The molecule has 1 atom stereocenters. The molecule has 1 heterocycles. The van der Waals surface area contributed by atoms with E-state index in [0.717, 1.165) is 28.0 Å². The first-order chi connectivity index (χ1) is 10.2. The van der Waals surface area contributed by atoms with Crippen LogP contribution in [0.25, 0.3) is 10.9 Å². The van der Waals surface area contributed by atoms with Gasteiger partial charge in [-0.3, -0.25) is 8.89 Å². The first kappa shape index (κ1) is 13.8. The molecule has 0 radical (unpaired) electrons. The molecule has 1 aromatic heterocycles. The van der Waals surface area contributed by atoms with Crippen LogP contribution >= 0.6 is 0 Å². The summed E-state index contributed by atoms with van der Waals surface area (Å²) in [6.07, 6.45) is 0. The predicted octanol–water partition coefficient (Wildman–Crippen LogP) is 2.95. The number of rotatable bonds is 4.